The number of alkyl halides is 6. The number of hydrogen-bond donors (Lipinski definition) is 0. The van der Waals surface area contributed by atoms with Crippen LogP contribution in [0.15, 0.2) is 70.8 Å². The third kappa shape index (κ3) is 4.83. The molecule has 0 saturated carbocycles. The van der Waals surface area contributed by atoms with Gasteiger partial charge in [0.05, 0.1) is 27.6 Å². The molecule has 0 saturated heterocycles. The van der Waals surface area contributed by atoms with Crippen molar-refractivity contribution in [1.29, 1.82) is 5.26 Å². The molecular formula is C28H10F8N6. The Hall–Kier alpha value is -5.50. The highest BCUT2D eigenvalue weighted by atomic mass is 19.4. The van der Waals surface area contributed by atoms with Gasteiger partial charge in [-0.2, -0.15) is 43.2 Å². The van der Waals surface area contributed by atoms with E-state index in [1.807, 2.05) is 0 Å². The Bertz CT molecular complexity index is 1770. The molecule has 1 aliphatic rings. The zero-order valence-electron chi connectivity index (χ0n) is 20.5. The molecule has 0 fully saturated rings. The van der Waals surface area contributed by atoms with Gasteiger partial charge in [-0.15, -0.1) is 4.95 Å². The monoisotopic (exact) mass is 582 g/mol. The van der Waals surface area contributed by atoms with E-state index in [2.05, 4.69) is 25.0 Å². The van der Waals surface area contributed by atoms with Crippen molar-refractivity contribution in [2.75, 3.05) is 0 Å². The molecule has 0 spiro atoms. The number of hydrogen-bond acceptors (Lipinski definition) is 5. The Morgan fingerprint density at radius 1 is 0.690 bits per heavy atom. The highest BCUT2D eigenvalue weighted by Gasteiger charge is 2.38. The molecule has 0 unspecified atom stereocenters. The molecule has 0 N–H and O–H groups in total. The minimum atomic E-state index is -5.15. The Labute approximate surface area is 230 Å². The van der Waals surface area contributed by atoms with Gasteiger partial charge in [0.25, 0.3) is 0 Å². The van der Waals surface area contributed by atoms with E-state index in [0.717, 1.165) is 12.1 Å². The molecule has 0 bridgehead atoms. The normalized spacial score (nSPS) is 14.7. The van der Waals surface area contributed by atoms with Gasteiger partial charge in [-0.1, -0.05) is 24.3 Å². The van der Waals surface area contributed by atoms with Crippen molar-refractivity contribution < 1.29 is 35.1 Å². The van der Waals surface area contributed by atoms with Crippen molar-refractivity contribution in [1.82, 2.24) is 9.97 Å². The van der Waals surface area contributed by atoms with Crippen LogP contribution in [0.1, 0.15) is 33.6 Å². The summed E-state index contributed by atoms with van der Waals surface area (Å²) >= 11 is 0. The second kappa shape index (κ2) is 10.2. The Kier molecular flexibility index (Phi) is 6.78. The van der Waals surface area contributed by atoms with E-state index in [1.165, 1.54) is 12.1 Å². The molecule has 1 aliphatic carbocycles. The first-order valence-electron chi connectivity index (χ1n) is 11.5. The van der Waals surface area contributed by atoms with Crippen LogP contribution in [0.25, 0.3) is 27.5 Å². The highest BCUT2D eigenvalue weighted by molar-refractivity contribution is 6.30. The van der Waals surface area contributed by atoms with Crippen molar-refractivity contribution in [3.05, 3.63) is 117 Å². The molecule has 5 rings (SSSR count). The van der Waals surface area contributed by atoms with Gasteiger partial charge < -0.3 is 0 Å². The van der Waals surface area contributed by atoms with Gasteiger partial charge in [-0.3, -0.25) is 0 Å². The fourth-order valence-electron chi connectivity index (χ4n) is 4.41. The zero-order valence-corrected chi connectivity index (χ0v) is 20.5. The summed E-state index contributed by atoms with van der Waals surface area (Å²) in [6.07, 6.45) is -8.71. The largest absolute Gasteiger partial charge is 0.419 e. The van der Waals surface area contributed by atoms with Gasteiger partial charge in [0.1, 0.15) is 28.7 Å². The molecule has 1 aromatic heterocycles. The quantitative estimate of drug-likeness (QED) is 0.0940. The van der Waals surface area contributed by atoms with Crippen molar-refractivity contribution in [3.63, 3.8) is 0 Å². The third-order valence-corrected chi connectivity index (χ3v) is 6.18. The maximum atomic E-state index is 14.1. The standard InChI is InChI=1S/C28H10F8N6/c1-38-42-24-16-5-3-2-4-15(16)23(39-12-37)25-26(24)41-22(14-7-9-20(30)18(11-14)28(34,35)36)21(40-25)13-6-8-19(29)17(10-13)27(31,32)33/h2-11H/b39-23?,42-24+. The number of aliphatic imine (C=N–C) groups is 1. The van der Waals surface area contributed by atoms with Crippen LogP contribution in [0.4, 0.5) is 35.1 Å². The maximum Gasteiger partial charge on any atom is 0.419 e. The summed E-state index contributed by atoms with van der Waals surface area (Å²) in [5.41, 5.74) is -5.28. The Balaban J connectivity index is 1.92. The Morgan fingerprint density at radius 3 is 1.57 bits per heavy atom. The molecule has 42 heavy (non-hydrogen) atoms. The average Bonchev–Trinajstić information content (AvgIpc) is 2.93. The van der Waals surface area contributed by atoms with E-state index >= 15 is 0 Å². The number of nitriles is 1. The first-order chi connectivity index (χ1) is 19.8. The molecule has 4 aromatic rings. The van der Waals surface area contributed by atoms with E-state index in [9.17, 15) is 40.4 Å². The molecule has 0 aliphatic heterocycles. The number of fused-ring (bicyclic) bond motifs is 2. The lowest BCUT2D eigenvalue weighted by atomic mass is 9.87. The first kappa shape index (κ1) is 28.0. The van der Waals surface area contributed by atoms with E-state index in [0.29, 0.717) is 24.3 Å². The molecule has 1 heterocycles. The molecule has 0 atom stereocenters. The fraction of sp³-hybridized carbons (Fsp3) is 0.0714. The van der Waals surface area contributed by atoms with Crippen LogP contribution >= 0.6 is 0 Å². The number of aromatic nitrogens is 2. The topological polar surface area (TPSA) is 78.6 Å². The summed E-state index contributed by atoms with van der Waals surface area (Å²) in [5.74, 6) is -3.24. The van der Waals surface area contributed by atoms with Gasteiger partial charge in [0.15, 0.2) is 5.71 Å². The SMILES string of the molecule is [C-]#[N+]/N=C1\c2ccccc2C(=NC#N)c2nc(-c3ccc(F)c(C(F)(F)F)c3)c(-c3ccc(F)c(C(F)(F)F)c3)nc21. The minimum absolute atomic E-state index is 0.110. The molecule has 0 amide bonds. The van der Waals surface area contributed by atoms with Crippen molar-refractivity contribution in [3.8, 4) is 28.7 Å². The van der Waals surface area contributed by atoms with Crippen LogP contribution in [0, 0.1) is 29.7 Å². The zero-order chi connectivity index (χ0) is 30.4. The predicted octanol–water partition coefficient (Wildman–Crippen LogP) is 7.43. The van der Waals surface area contributed by atoms with Gasteiger partial charge >= 0.3 is 12.4 Å². The van der Waals surface area contributed by atoms with Gasteiger partial charge in [0.2, 0.25) is 6.19 Å². The third-order valence-electron chi connectivity index (χ3n) is 6.18. The van der Waals surface area contributed by atoms with Gasteiger partial charge in [-0.25, -0.2) is 18.7 Å². The second-order valence-electron chi connectivity index (χ2n) is 8.66. The predicted molar refractivity (Wildman–Crippen MR) is 133 cm³/mol. The lowest BCUT2D eigenvalue weighted by Crippen LogP contribution is -2.26. The number of benzene rings is 3. The van der Waals surface area contributed by atoms with Crippen LogP contribution in [0.5, 0.6) is 0 Å². The van der Waals surface area contributed by atoms with Crippen LogP contribution in [0.2, 0.25) is 0 Å². The number of halogens is 8. The minimum Gasteiger partial charge on any atom is -0.241 e. The summed E-state index contributed by atoms with van der Waals surface area (Å²) in [7, 11) is 0. The first-order valence-corrected chi connectivity index (χ1v) is 11.5. The van der Waals surface area contributed by atoms with Crippen molar-refractivity contribution in [2.45, 2.75) is 12.4 Å². The van der Waals surface area contributed by atoms with E-state index in [1.54, 1.807) is 18.3 Å². The molecular weight excluding hydrogens is 572 g/mol. The second-order valence-corrected chi connectivity index (χ2v) is 8.66. The van der Waals surface area contributed by atoms with E-state index in [-0.39, 0.29) is 33.9 Å². The summed E-state index contributed by atoms with van der Waals surface area (Å²) in [4.78, 5) is 15.5. The summed E-state index contributed by atoms with van der Waals surface area (Å²) in [6.45, 7) is 7.27. The lowest BCUT2D eigenvalue weighted by molar-refractivity contribution is -0.140. The van der Waals surface area contributed by atoms with E-state index in [4.69, 9.17) is 6.57 Å². The van der Waals surface area contributed by atoms with Crippen LogP contribution in [0.3, 0.4) is 0 Å². The number of rotatable bonds is 2. The molecule has 6 nitrogen and oxygen atoms in total. The van der Waals surface area contributed by atoms with Crippen LogP contribution in [-0.4, -0.2) is 21.4 Å². The molecule has 208 valence electrons. The fourth-order valence-corrected chi connectivity index (χ4v) is 4.41. The summed E-state index contributed by atoms with van der Waals surface area (Å²) in [6, 6.07) is 9.78. The van der Waals surface area contributed by atoms with Crippen molar-refractivity contribution in [2.24, 2.45) is 10.1 Å². The lowest BCUT2D eigenvalue weighted by Gasteiger charge is -2.22. The average molecular weight is 582 g/mol. The van der Waals surface area contributed by atoms with Gasteiger partial charge in [0, 0.05) is 22.3 Å². The van der Waals surface area contributed by atoms with Crippen LogP contribution in [-0.2, 0) is 12.4 Å². The molecule has 3 aromatic carbocycles. The Morgan fingerprint density at radius 2 is 1.14 bits per heavy atom. The number of nitrogens with zero attached hydrogens (tertiary/aromatic N) is 6. The molecule has 14 heteroatoms. The van der Waals surface area contributed by atoms with Crippen LogP contribution < -0.4 is 0 Å². The summed E-state index contributed by atoms with van der Waals surface area (Å²) < 4.78 is 110. The van der Waals surface area contributed by atoms with Crippen molar-refractivity contribution >= 4 is 11.4 Å². The smallest absolute Gasteiger partial charge is 0.241 e. The van der Waals surface area contributed by atoms with E-state index < -0.39 is 57.6 Å². The summed E-state index contributed by atoms with van der Waals surface area (Å²) in [5, 5.41) is 13.1. The maximum absolute atomic E-state index is 14.1. The van der Waals surface area contributed by atoms with Gasteiger partial charge in [-0.05, 0) is 36.4 Å². The molecule has 0 radical (unpaired) electrons. The highest BCUT2D eigenvalue weighted by Crippen LogP contribution is 2.40.